The molecular weight excluding hydrogens is 344 g/mol. The average molecular weight is 375 g/mol. The lowest BCUT2D eigenvalue weighted by molar-refractivity contribution is -0.157. The van der Waals surface area contributed by atoms with Crippen LogP contribution in [0.4, 0.5) is 0 Å². The van der Waals surface area contributed by atoms with Gasteiger partial charge in [-0.05, 0) is 59.0 Å². The Balaban J connectivity index is 0.00000312. The third-order valence-corrected chi connectivity index (χ3v) is 4.26. The molecule has 0 aromatic carbocycles. The molecule has 1 aliphatic rings. The molecule has 144 valence electrons. The van der Waals surface area contributed by atoms with Gasteiger partial charge in [0.1, 0.15) is 0 Å². The summed E-state index contributed by atoms with van der Waals surface area (Å²) in [5.41, 5.74) is 0.400. The van der Waals surface area contributed by atoms with Gasteiger partial charge in [-0.3, -0.25) is 4.79 Å². The lowest BCUT2D eigenvalue weighted by Gasteiger charge is -2.22. The summed E-state index contributed by atoms with van der Waals surface area (Å²) in [7, 11) is 0. The van der Waals surface area contributed by atoms with E-state index in [4.69, 9.17) is 9.47 Å². The molecule has 0 bridgehead atoms. The highest BCUT2D eigenvalue weighted by Crippen LogP contribution is 2.16. The Kier molecular flexibility index (Phi) is 9.38. The number of nitrogens with one attached hydrogen (secondary N) is 1. The second-order valence-electron chi connectivity index (χ2n) is 7.38. The molecule has 1 saturated heterocycles. The smallest absolute Gasteiger partial charge is 0.313 e. The molecule has 7 nitrogen and oxygen atoms in total. The van der Waals surface area contributed by atoms with Crippen molar-refractivity contribution in [1.82, 2.24) is 20.3 Å². The molecule has 1 fully saturated rings. The molecule has 25 heavy (non-hydrogen) atoms. The maximum atomic E-state index is 11.8. The van der Waals surface area contributed by atoms with E-state index in [1.807, 2.05) is 20.8 Å². The van der Waals surface area contributed by atoms with Crippen molar-refractivity contribution in [2.24, 2.45) is 11.3 Å². The van der Waals surface area contributed by atoms with Gasteiger partial charge in [-0.1, -0.05) is 5.21 Å². The van der Waals surface area contributed by atoms with Crippen molar-refractivity contribution in [3.05, 3.63) is 11.9 Å². The lowest BCUT2D eigenvalue weighted by atomic mass is 9.95. The first kappa shape index (κ1) is 21.9. The van der Waals surface area contributed by atoms with Crippen LogP contribution in [0.3, 0.4) is 0 Å². The number of rotatable bonds is 8. The van der Waals surface area contributed by atoms with Crippen molar-refractivity contribution in [2.75, 3.05) is 26.3 Å². The Morgan fingerprint density at radius 3 is 2.72 bits per heavy atom. The molecule has 0 atom stereocenters. The fourth-order valence-corrected chi connectivity index (χ4v) is 2.62. The van der Waals surface area contributed by atoms with Crippen molar-refractivity contribution < 1.29 is 14.3 Å². The number of aromatic nitrogens is 3. The minimum atomic E-state index is -0.515. The highest BCUT2D eigenvalue weighted by molar-refractivity contribution is 5.85. The zero-order chi connectivity index (χ0) is 17.4. The van der Waals surface area contributed by atoms with Crippen molar-refractivity contribution in [3.63, 3.8) is 0 Å². The summed E-state index contributed by atoms with van der Waals surface area (Å²) in [6, 6.07) is 0. The normalized spacial score (nSPS) is 15.6. The van der Waals surface area contributed by atoms with E-state index in [1.54, 1.807) is 10.9 Å². The van der Waals surface area contributed by atoms with E-state index in [1.165, 1.54) is 12.8 Å². The molecular formula is C17H31ClN4O3. The molecule has 0 radical (unpaired) electrons. The van der Waals surface area contributed by atoms with Gasteiger partial charge in [-0.2, -0.15) is 0 Å². The van der Waals surface area contributed by atoms with Gasteiger partial charge in [0, 0.05) is 13.0 Å². The molecule has 0 aliphatic carbocycles. The lowest BCUT2D eigenvalue weighted by Crippen LogP contribution is -2.28. The van der Waals surface area contributed by atoms with E-state index in [0.717, 1.165) is 37.7 Å². The van der Waals surface area contributed by atoms with Crippen LogP contribution in [0.2, 0.25) is 0 Å². The van der Waals surface area contributed by atoms with E-state index in [-0.39, 0.29) is 25.1 Å². The Morgan fingerprint density at radius 2 is 2.04 bits per heavy atom. The minimum absolute atomic E-state index is 0. The van der Waals surface area contributed by atoms with Crippen LogP contribution in [0.1, 0.15) is 45.7 Å². The van der Waals surface area contributed by atoms with Crippen LogP contribution in [0.5, 0.6) is 0 Å². The summed E-state index contributed by atoms with van der Waals surface area (Å²) in [5.74, 6) is 0.539. The van der Waals surface area contributed by atoms with Gasteiger partial charge in [-0.25, -0.2) is 4.68 Å². The first-order chi connectivity index (χ1) is 11.5. The number of ether oxygens (including phenoxy) is 2. The van der Waals surface area contributed by atoms with Gasteiger partial charge < -0.3 is 14.8 Å². The van der Waals surface area contributed by atoms with Crippen LogP contribution >= 0.6 is 12.4 Å². The number of carbonyl (C=O) groups excluding carboxylic acids is 1. The SMILES string of the molecule is CC(C)(C)C(=O)OCn1nncc1CCOCCC1CCNCC1.Cl. The van der Waals surface area contributed by atoms with E-state index < -0.39 is 5.41 Å². The molecule has 0 spiro atoms. The van der Waals surface area contributed by atoms with E-state index in [9.17, 15) is 4.79 Å². The standard InChI is InChI=1S/C17H30N4O3.ClH/c1-17(2,3)16(22)24-13-21-15(12-19-20-21)7-11-23-10-6-14-4-8-18-9-5-14;/h12,14,18H,4-11,13H2,1-3H3;1H. The molecule has 2 heterocycles. The minimum Gasteiger partial charge on any atom is -0.442 e. The predicted molar refractivity (Wildman–Crippen MR) is 97.6 cm³/mol. The molecule has 0 amide bonds. The van der Waals surface area contributed by atoms with Crippen LogP contribution in [0, 0.1) is 11.3 Å². The van der Waals surface area contributed by atoms with E-state index in [2.05, 4.69) is 15.6 Å². The molecule has 1 N–H and O–H groups in total. The number of esters is 1. The highest BCUT2D eigenvalue weighted by Gasteiger charge is 2.23. The summed E-state index contributed by atoms with van der Waals surface area (Å²) in [4.78, 5) is 11.8. The monoisotopic (exact) mass is 374 g/mol. The molecule has 0 saturated carbocycles. The van der Waals surface area contributed by atoms with Gasteiger partial charge in [0.15, 0.2) is 6.73 Å². The van der Waals surface area contributed by atoms with Crippen LogP contribution in [0.25, 0.3) is 0 Å². The summed E-state index contributed by atoms with van der Waals surface area (Å²) < 4.78 is 12.6. The summed E-state index contributed by atoms with van der Waals surface area (Å²) >= 11 is 0. The van der Waals surface area contributed by atoms with Crippen molar-refractivity contribution >= 4 is 18.4 Å². The summed E-state index contributed by atoms with van der Waals surface area (Å²) in [6.07, 6.45) is 6.04. The maximum absolute atomic E-state index is 11.8. The van der Waals surface area contributed by atoms with Crippen molar-refractivity contribution in [3.8, 4) is 0 Å². The number of hydrogen-bond acceptors (Lipinski definition) is 6. The number of carbonyl (C=O) groups is 1. The number of nitrogens with zero attached hydrogens (tertiary/aromatic N) is 3. The topological polar surface area (TPSA) is 78.3 Å². The molecule has 1 aliphatic heterocycles. The molecule has 8 heteroatoms. The Bertz CT molecular complexity index is 510. The molecule has 2 rings (SSSR count). The summed E-state index contributed by atoms with van der Waals surface area (Å²) in [6.45, 7) is 9.26. The quantitative estimate of drug-likeness (QED) is 0.555. The Hall–Kier alpha value is -1.18. The van der Waals surface area contributed by atoms with Crippen LogP contribution in [0.15, 0.2) is 6.20 Å². The predicted octanol–water partition coefficient (Wildman–Crippen LogP) is 2.20. The third-order valence-electron chi connectivity index (χ3n) is 4.26. The number of piperidine rings is 1. The second kappa shape index (κ2) is 10.7. The van der Waals surface area contributed by atoms with E-state index in [0.29, 0.717) is 13.0 Å². The second-order valence-corrected chi connectivity index (χ2v) is 7.38. The van der Waals surface area contributed by atoms with Gasteiger partial charge in [-0.15, -0.1) is 17.5 Å². The Morgan fingerprint density at radius 1 is 1.32 bits per heavy atom. The van der Waals surface area contributed by atoms with Crippen molar-refractivity contribution in [1.29, 1.82) is 0 Å². The largest absolute Gasteiger partial charge is 0.442 e. The van der Waals surface area contributed by atoms with Gasteiger partial charge in [0.2, 0.25) is 0 Å². The van der Waals surface area contributed by atoms with Gasteiger partial charge in [0.05, 0.1) is 23.9 Å². The van der Waals surface area contributed by atoms with E-state index >= 15 is 0 Å². The summed E-state index contributed by atoms with van der Waals surface area (Å²) in [5, 5.41) is 11.2. The fraction of sp³-hybridized carbons (Fsp3) is 0.824. The van der Waals surface area contributed by atoms with Crippen molar-refractivity contribution in [2.45, 2.75) is 53.2 Å². The number of hydrogen-bond donors (Lipinski definition) is 1. The zero-order valence-electron chi connectivity index (χ0n) is 15.5. The first-order valence-corrected chi connectivity index (χ1v) is 8.80. The third kappa shape index (κ3) is 7.71. The van der Waals surface area contributed by atoms with Gasteiger partial charge >= 0.3 is 5.97 Å². The first-order valence-electron chi connectivity index (χ1n) is 8.80. The molecule has 0 unspecified atom stereocenters. The number of halogens is 1. The van der Waals surface area contributed by atoms with Crippen LogP contribution in [-0.2, 0) is 27.4 Å². The average Bonchev–Trinajstić information content (AvgIpc) is 2.99. The Labute approximate surface area is 156 Å². The molecule has 1 aromatic rings. The molecule has 1 aromatic heterocycles. The van der Waals surface area contributed by atoms with Gasteiger partial charge in [0.25, 0.3) is 0 Å². The van der Waals surface area contributed by atoms with Crippen LogP contribution in [-0.4, -0.2) is 47.3 Å². The van der Waals surface area contributed by atoms with Crippen LogP contribution < -0.4 is 5.32 Å². The maximum Gasteiger partial charge on any atom is 0.313 e. The zero-order valence-corrected chi connectivity index (χ0v) is 16.3. The highest BCUT2D eigenvalue weighted by atomic mass is 35.5. The fourth-order valence-electron chi connectivity index (χ4n) is 2.62.